The summed E-state index contributed by atoms with van der Waals surface area (Å²) in [6.45, 7) is 2.09. The zero-order valence-electron chi connectivity index (χ0n) is 16.5. The lowest BCUT2D eigenvalue weighted by Gasteiger charge is -2.34. The Hall–Kier alpha value is -3.20. The lowest BCUT2D eigenvalue weighted by Crippen LogP contribution is -2.38. The number of anilines is 1. The zero-order valence-corrected chi connectivity index (χ0v) is 16.5. The average Bonchev–Trinajstić information content (AvgIpc) is 2.92. The fraction of sp³-hybridized carbons (Fsp3) is 0.231. The molecule has 1 aliphatic carbocycles. The number of hydrogen-bond acceptors (Lipinski definition) is 3. The van der Waals surface area contributed by atoms with Crippen LogP contribution >= 0.6 is 0 Å². The molecule has 2 aliphatic rings. The molecule has 1 saturated carbocycles. The number of ketones is 1. The first-order valence-corrected chi connectivity index (χ1v) is 10.3. The van der Waals surface area contributed by atoms with Crippen molar-refractivity contribution < 1.29 is 4.79 Å². The molecule has 0 radical (unpaired) electrons. The van der Waals surface area contributed by atoms with Crippen LogP contribution in [0, 0.1) is 12.8 Å². The van der Waals surface area contributed by atoms with E-state index < -0.39 is 0 Å². The summed E-state index contributed by atoms with van der Waals surface area (Å²) < 4.78 is 0. The molecule has 1 heterocycles. The summed E-state index contributed by atoms with van der Waals surface area (Å²) in [5, 5.41) is 3.63. The Labute approximate surface area is 171 Å². The van der Waals surface area contributed by atoms with E-state index in [1.54, 1.807) is 0 Å². The van der Waals surface area contributed by atoms with Crippen molar-refractivity contribution in [3.05, 3.63) is 95.6 Å². The van der Waals surface area contributed by atoms with E-state index in [1.165, 1.54) is 11.1 Å². The molecule has 144 valence electrons. The van der Waals surface area contributed by atoms with E-state index in [0.717, 1.165) is 29.1 Å². The van der Waals surface area contributed by atoms with Gasteiger partial charge in [0.05, 0.1) is 23.3 Å². The molecule has 3 aromatic rings. The number of nitrogens with zero attached hydrogens (tertiary/aromatic N) is 1. The maximum Gasteiger partial charge on any atom is 0.144 e. The molecule has 0 spiro atoms. The highest BCUT2D eigenvalue weighted by Crippen LogP contribution is 2.43. The van der Waals surface area contributed by atoms with Crippen molar-refractivity contribution >= 4 is 22.9 Å². The van der Waals surface area contributed by atoms with Crippen LogP contribution in [0.15, 0.2) is 83.9 Å². The lowest BCUT2D eigenvalue weighted by molar-refractivity contribution is -0.122. The summed E-state index contributed by atoms with van der Waals surface area (Å²) in [6.07, 6.45) is 1.38. The van der Waals surface area contributed by atoms with Crippen LogP contribution < -0.4 is 5.32 Å². The number of Topliss-reactive ketones (excluding diaryl/α,β-unsaturated/α-hetero) is 1. The molecule has 3 heteroatoms. The first kappa shape index (κ1) is 17.9. The normalized spacial score (nSPS) is 23.3. The van der Waals surface area contributed by atoms with E-state index >= 15 is 0 Å². The summed E-state index contributed by atoms with van der Waals surface area (Å²) in [6, 6.07) is 26.9. The van der Waals surface area contributed by atoms with Gasteiger partial charge in [0, 0.05) is 12.1 Å². The summed E-state index contributed by atoms with van der Waals surface area (Å²) in [4.78, 5) is 18.5. The number of nitrogens with one attached hydrogen (secondary N) is 1. The minimum absolute atomic E-state index is 0.0925. The van der Waals surface area contributed by atoms with E-state index in [0.29, 0.717) is 6.42 Å². The highest BCUT2D eigenvalue weighted by molar-refractivity contribution is 6.10. The largest absolute Gasteiger partial charge is 0.375 e. The molecule has 1 N–H and O–H groups in total. The first-order chi connectivity index (χ1) is 14.2. The molecule has 0 saturated heterocycles. The number of aryl methyl sites for hydroxylation is 1. The highest BCUT2D eigenvalue weighted by Gasteiger charge is 2.41. The molecule has 1 unspecified atom stereocenters. The average molecular weight is 380 g/mol. The Morgan fingerprint density at radius 1 is 0.828 bits per heavy atom. The van der Waals surface area contributed by atoms with E-state index in [-0.39, 0.29) is 23.7 Å². The SMILES string of the molecule is Cc1ccc([C@H]2CC(=O)C3C(=Nc4ccccc4N[C@H]3c3ccccc3)C2)cc1. The van der Waals surface area contributed by atoms with Crippen molar-refractivity contribution in [1.82, 2.24) is 0 Å². The van der Waals surface area contributed by atoms with Gasteiger partial charge >= 0.3 is 0 Å². The van der Waals surface area contributed by atoms with Gasteiger partial charge in [-0.1, -0.05) is 72.3 Å². The fourth-order valence-electron chi connectivity index (χ4n) is 4.61. The highest BCUT2D eigenvalue weighted by atomic mass is 16.1. The predicted octanol–water partition coefficient (Wildman–Crippen LogP) is 6.00. The molecular weight excluding hydrogens is 356 g/mol. The van der Waals surface area contributed by atoms with Crippen LogP contribution in [0.5, 0.6) is 0 Å². The van der Waals surface area contributed by atoms with Gasteiger partial charge in [-0.2, -0.15) is 0 Å². The van der Waals surface area contributed by atoms with Crippen LogP contribution in [-0.4, -0.2) is 11.5 Å². The molecule has 1 fully saturated rings. The van der Waals surface area contributed by atoms with Crippen molar-refractivity contribution in [2.45, 2.75) is 31.7 Å². The molecular formula is C26H24N2O. The Balaban J connectivity index is 1.58. The third kappa shape index (κ3) is 3.38. The molecule has 3 atom stereocenters. The van der Waals surface area contributed by atoms with Gasteiger partial charge in [-0.05, 0) is 42.5 Å². The number of para-hydroxylation sites is 2. The molecule has 0 amide bonds. The molecule has 3 nitrogen and oxygen atoms in total. The van der Waals surface area contributed by atoms with Crippen molar-refractivity contribution in [3.8, 4) is 0 Å². The van der Waals surface area contributed by atoms with Gasteiger partial charge in [0.25, 0.3) is 0 Å². The number of carbonyl (C=O) groups excluding carboxylic acids is 1. The fourth-order valence-corrected chi connectivity index (χ4v) is 4.61. The molecule has 0 bridgehead atoms. The monoisotopic (exact) mass is 380 g/mol. The van der Waals surface area contributed by atoms with Gasteiger partial charge < -0.3 is 5.32 Å². The second kappa shape index (κ2) is 7.32. The second-order valence-corrected chi connectivity index (χ2v) is 8.11. The van der Waals surface area contributed by atoms with Gasteiger partial charge in [0.2, 0.25) is 0 Å². The van der Waals surface area contributed by atoms with E-state index in [2.05, 4.69) is 54.7 Å². The maximum atomic E-state index is 13.4. The summed E-state index contributed by atoms with van der Waals surface area (Å²) in [7, 11) is 0. The van der Waals surface area contributed by atoms with Crippen LogP contribution in [0.25, 0.3) is 0 Å². The van der Waals surface area contributed by atoms with Crippen LogP contribution in [0.1, 0.15) is 41.5 Å². The second-order valence-electron chi connectivity index (χ2n) is 8.11. The topological polar surface area (TPSA) is 41.5 Å². The quantitative estimate of drug-likeness (QED) is 0.593. The third-order valence-electron chi connectivity index (χ3n) is 6.13. The summed E-state index contributed by atoms with van der Waals surface area (Å²) in [5.41, 5.74) is 6.50. The van der Waals surface area contributed by atoms with Gasteiger partial charge in [-0.3, -0.25) is 9.79 Å². The minimum atomic E-state index is -0.230. The van der Waals surface area contributed by atoms with Crippen molar-refractivity contribution in [1.29, 1.82) is 0 Å². The number of aliphatic imine (C=N–C) groups is 1. The molecule has 1 aliphatic heterocycles. The maximum absolute atomic E-state index is 13.4. The van der Waals surface area contributed by atoms with Crippen LogP contribution in [0.2, 0.25) is 0 Å². The van der Waals surface area contributed by atoms with Crippen molar-refractivity contribution in [3.63, 3.8) is 0 Å². The lowest BCUT2D eigenvalue weighted by atomic mass is 9.72. The van der Waals surface area contributed by atoms with Gasteiger partial charge in [-0.25, -0.2) is 0 Å². The molecule has 0 aromatic heterocycles. The summed E-state index contributed by atoms with van der Waals surface area (Å²) >= 11 is 0. The van der Waals surface area contributed by atoms with Crippen LogP contribution in [-0.2, 0) is 4.79 Å². The Bertz CT molecular complexity index is 1070. The molecule has 5 rings (SSSR count). The van der Waals surface area contributed by atoms with Gasteiger partial charge in [0.15, 0.2) is 0 Å². The van der Waals surface area contributed by atoms with E-state index in [9.17, 15) is 4.79 Å². The molecule has 3 aromatic carbocycles. The zero-order chi connectivity index (χ0) is 19.8. The first-order valence-electron chi connectivity index (χ1n) is 10.3. The Morgan fingerprint density at radius 2 is 1.55 bits per heavy atom. The number of rotatable bonds is 2. The van der Waals surface area contributed by atoms with E-state index in [1.807, 2.05) is 36.4 Å². The standard InChI is InChI=1S/C26H24N2O/c1-17-11-13-18(14-12-17)20-15-23-25(24(29)16-20)26(19-7-3-2-4-8-19)28-22-10-6-5-9-21(22)27-23/h2-14,20,25-26,28H,15-16H2,1H3/t20-,25?,26+/m1/s1. The summed E-state index contributed by atoms with van der Waals surface area (Å²) in [5.74, 6) is 0.237. The van der Waals surface area contributed by atoms with Gasteiger partial charge in [0.1, 0.15) is 5.78 Å². The Kier molecular flexibility index (Phi) is 4.51. The van der Waals surface area contributed by atoms with E-state index in [4.69, 9.17) is 4.99 Å². The number of hydrogen-bond donors (Lipinski definition) is 1. The van der Waals surface area contributed by atoms with Crippen molar-refractivity contribution in [2.75, 3.05) is 5.32 Å². The smallest absolute Gasteiger partial charge is 0.144 e. The number of benzene rings is 3. The predicted molar refractivity (Wildman–Crippen MR) is 118 cm³/mol. The Morgan fingerprint density at radius 3 is 2.34 bits per heavy atom. The van der Waals surface area contributed by atoms with Crippen LogP contribution in [0.4, 0.5) is 11.4 Å². The number of carbonyl (C=O) groups is 1. The van der Waals surface area contributed by atoms with Crippen molar-refractivity contribution in [2.24, 2.45) is 10.9 Å². The molecule has 29 heavy (non-hydrogen) atoms. The third-order valence-corrected chi connectivity index (χ3v) is 6.13. The minimum Gasteiger partial charge on any atom is -0.375 e. The van der Waals surface area contributed by atoms with Crippen LogP contribution in [0.3, 0.4) is 0 Å². The van der Waals surface area contributed by atoms with Gasteiger partial charge in [-0.15, -0.1) is 0 Å². The number of fused-ring (bicyclic) bond motifs is 2.